The molecule has 0 saturated carbocycles. The number of aromatic hydroxyl groups is 3. The summed E-state index contributed by atoms with van der Waals surface area (Å²) in [5, 5.41) is 34.9. The van der Waals surface area contributed by atoms with Crippen LogP contribution in [0.4, 0.5) is 0 Å². The summed E-state index contributed by atoms with van der Waals surface area (Å²) in [5.41, 5.74) is 3.16. The van der Waals surface area contributed by atoms with E-state index >= 15 is 0 Å². The fourth-order valence-corrected chi connectivity index (χ4v) is 2.43. The summed E-state index contributed by atoms with van der Waals surface area (Å²) < 4.78 is 0. The lowest BCUT2D eigenvalue weighted by atomic mass is 10.1. The number of amides is 1. The van der Waals surface area contributed by atoms with Gasteiger partial charge in [0.05, 0.1) is 11.8 Å². The molecule has 0 fully saturated rings. The van der Waals surface area contributed by atoms with Gasteiger partial charge in [0, 0.05) is 5.56 Å². The standard InChI is InChI=1S/C19H16N2O4/c1-11-6-7-14(18(24)17(11)23)10-20-21-19(25)15-8-12-4-2-3-5-13(12)9-16(15)22/h2-10,22-24H,1H3,(H,21,25)/b20-10+. The van der Waals surface area contributed by atoms with Gasteiger partial charge in [-0.2, -0.15) is 5.10 Å². The molecule has 0 heterocycles. The Kier molecular flexibility index (Phi) is 4.26. The number of phenolic OH excluding ortho intramolecular Hbond substituents is 3. The highest BCUT2D eigenvalue weighted by Crippen LogP contribution is 2.31. The lowest BCUT2D eigenvalue weighted by Crippen LogP contribution is -2.17. The van der Waals surface area contributed by atoms with E-state index in [2.05, 4.69) is 10.5 Å². The van der Waals surface area contributed by atoms with Gasteiger partial charge in [0.1, 0.15) is 5.75 Å². The molecule has 0 bridgehead atoms. The van der Waals surface area contributed by atoms with Crippen LogP contribution in [0.2, 0.25) is 0 Å². The monoisotopic (exact) mass is 336 g/mol. The zero-order valence-electron chi connectivity index (χ0n) is 13.4. The second kappa shape index (κ2) is 6.52. The van der Waals surface area contributed by atoms with Crippen molar-refractivity contribution in [1.82, 2.24) is 5.43 Å². The van der Waals surface area contributed by atoms with Crippen molar-refractivity contribution in [2.45, 2.75) is 6.92 Å². The smallest absolute Gasteiger partial charge is 0.275 e. The Morgan fingerprint density at radius 2 is 1.68 bits per heavy atom. The molecule has 3 rings (SSSR count). The Hall–Kier alpha value is -3.54. The van der Waals surface area contributed by atoms with E-state index in [-0.39, 0.29) is 28.4 Å². The lowest BCUT2D eigenvalue weighted by Gasteiger charge is -2.06. The maximum atomic E-state index is 12.2. The van der Waals surface area contributed by atoms with Crippen molar-refractivity contribution >= 4 is 22.9 Å². The SMILES string of the molecule is Cc1ccc(/C=N/NC(=O)c2cc3ccccc3cc2O)c(O)c1O. The third-order valence-electron chi connectivity index (χ3n) is 3.86. The largest absolute Gasteiger partial charge is 0.507 e. The summed E-state index contributed by atoms with van der Waals surface area (Å²) in [4.78, 5) is 12.2. The molecule has 126 valence electrons. The molecule has 0 spiro atoms. The Morgan fingerprint density at radius 1 is 1.00 bits per heavy atom. The van der Waals surface area contributed by atoms with Crippen LogP contribution in [-0.2, 0) is 0 Å². The molecule has 25 heavy (non-hydrogen) atoms. The van der Waals surface area contributed by atoms with E-state index in [9.17, 15) is 20.1 Å². The molecule has 0 radical (unpaired) electrons. The van der Waals surface area contributed by atoms with Crippen molar-refractivity contribution in [3.63, 3.8) is 0 Å². The number of carbonyl (C=O) groups is 1. The summed E-state index contributed by atoms with van der Waals surface area (Å²) in [6.45, 7) is 1.65. The van der Waals surface area contributed by atoms with Gasteiger partial charge >= 0.3 is 0 Å². The minimum absolute atomic E-state index is 0.0897. The number of benzene rings is 3. The molecule has 6 nitrogen and oxygen atoms in total. The number of carbonyl (C=O) groups excluding carboxylic acids is 1. The summed E-state index contributed by atoms with van der Waals surface area (Å²) in [6, 6.07) is 13.6. The quantitative estimate of drug-likeness (QED) is 0.335. The summed E-state index contributed by atoms with van der Waals surface area (Å²) >= 11 is 0. The van der Waals surface area contributed by atoms with Crippen LogP contribution in [0.1, 0.15) is 21.5 Å². The molecule has 1 amide bonds. The average molecular weight is 336 g/mol. The zero-order chi connectivity index (χ0) is 18.0. The molecular formula is C19H16N2O4. The average Bonchev–Trinajstić information content (AvgIpc) is 2.61. The van der Waals surface area contributed by atoms with Crippen LogP contribution in [0.5, 0.6) is 17.2 Å². The number of nitrogens with one attached hydrogen (secondary N) is 1. The molecule has 4 N–H and O–H groups in total. The molecular weight excluding hydrogens is 320 g/mol. The molecule has 6 heteroatoms. The highest BCUT2D eigenvalue weighted by atomic mass is 16.3. The van der Waals surface area contributed by atoms with Crippen LogP contribution in [0.15, 0.2) is 53.6 Å². The first-order chi connectivity index (χ1) is 12.0. The second-order valence-corrected chi connectivity index (χ2v) is 5.58. The van der Waals surface area contributed by atoms with Crippen molar-refractivity contribution in [3.05, 3.63) is 65.2 Å². The van der Waals surface area contributed by atoms with E-state index in [0.29, 0.717) is 5.56 Å². The first kappa shape index (κ1) is 16.3. The molecule has 0 aliphatic heterocycles. The number of hydrazone groups is 1. The Morgan fingerprint density at radius 3 is 2.40 bits per heavy atom. The highest BCUT2D eigenvalue weighted by Gasteiger charge is 2.12. The molecule has 0 aliphatic carbocycles. The van der Waals surface area contributed by atoms with Gasteiger partial charge in [0.25, 0.3) is 5.91 Å². The summed E-state index contributed by atoms with van der Waals surface area (Å²) in [6.07, 6.45) is 1.21. The van der Waals surface area contributed by atoms with E-state index in [4.69, 9.17) is 0 Å². The van der Waals surface area contributed by atoms with Crippen molar-refractivity contribution in [1.29, 1.82) is 0 Å². The van der Waals surface area contributed by atoms with Crippen LogP contribution >= 0.6 is 0 Å². The minimum atomic E-state index is -0.588. The first-order valence-electron chi connectivity index (χ1n) is 7.54. The Labute approximate surface area is 143 Å². The van der Waals surface area contributed by atoms with Crippen LogP contribution in [0, 0.1) is 6.92 Å². The molecule has 0 aromatic heterocycles. The molecule has 0 unspecified atom stereocenters. The van der Waals surface area contributed by atoms with Gasteiger partial charge in [-0.1, -0.05) is 30.3 Å². The Balaban J connectivity index is 1.81. The third-order valence-corrected chi connectivity index (χ3v) is 3.86. The van der Waals surface area contributed by atoms with Gasteiger partial charge in [0.2, 0.25) is 0 Å². The van der Waals surface area contributed by atoms with Crippen molar-refractivity contribution in [2.75, 3.05) is 0 Å². The molecule has 3 aromatic carbocycles. The summed E-state index contributed by atoms with van der Waals surface area (Å²) in [5.74, 6) is -1.29. The number of rotatable bonds is 3. The maximum absolute atomic E-state index is 12.2. The fourth-order valence-electron chi connectivity index (χ4n) is 2.43. The van der Waals surface area contributed by atoms with Crippen LogP contribution in [0.25, 0.3) is 10.8 Å². The molecule has 0 saturated heterocycles. The van der Waals surface area contributed by atoms with E-state index < -0.39 is 5.91 Å². The third kappa shape index (κ3) is 3.23. The summed E-state index contributed by atoms with van der Waals surface area (Å²) in [7, 11) is 0. The van der Waals surface area contributed by atoms with E-state index in [1.807, 2.05) is 24.3 Å². The number of aryl methyl sites for hydroxylation is 1. The van der Waals surface area contributed by atoms with E-state index in [1.54, 1.807) is 25.1 Å². The van der Waals surface area contributed by atoms with Gasteiger partial charge < -0.3 is 15.3 Å². The predicted octanol–water partition coefficient (Wildman–Crippen LogP) is 3.03. The van der Waals surface area contributed by atoms with Gasteiger partial charge in [-0.15, -0.1) is 0 Å². The van der Waals surface area contributed by atoms with E-state index in [1.165, 1.54) is 12.3 Å². The number of phenols is 3. The zero-order valence-corrected chi connectivity index (χ0v) is 13.4. The first-order valence-corrected chi connectivity index (χ1v) is 7.54. The van der Waals surface area contributed by atoms with Gasteiger partial charge in [-0.3, -0.25) is 4.79 Å². The van der Waals surface area contributed by atoms with Crippen molar-refractivity contribution < 1.29 is 20.1 Å². The van der Waals surface area contributed by atoms with E-state index in [0.717, 1.165) is 10.8 Å². The minimum Gasteiger partial charge on any atom is -0.507 e. The van der Waals surface area contributed by atoms with Crippen LogP contribution < -0.4 is 5.43 Å². The lowest BCUT2D eigenvalue weighted by molar-refractivity contribution is 0.0952. The number of hydrogen-bond donors (Lipinski definition) is 4. The topological polar surface area (TPSA) is 102 Å². The molecule has 0 aliphatic rings. The predicted molar refractivity (Wildman–Crippen MR) is 95.2 cm³/mol. The van der Waals surface area contributed by atoms with Crippen LogP contribution in [-0.4, -0.2) is 27.4 Å². The van der Waals surface area contributed by atoms with Crippen LogP contribution in [0.3, 0.4) is 0 Å². The van der Waals surface area contributed by atoms with Gasteiger partial charge in [-0.25, -0.2) is 5.43 Å². The van der Waals surface area contributed by atoms with Crippen molar-refractivity contribution in [3.8, 4) is 17.2 Å². The fraction of sp³-hybridized carbons (Fsp3) is 0.0526. The number of hydrogen-bond acceptors (Lipinski definition) is 5. The van der Waals surface area contributed by atoms with Gasteiger partial charge in [-0.05, 0) is 41.5 Å². The number of fused-ring (bicyclic) bond motifs is 1. The second-order valence-electron chi connectivity index (χ2n) is 5.58. The molecule has 3 aromatic rings. The number of nitrogens with zero attached hydrogens (tertiary/aromatic N) is 1. The molecule has 0 atom stereocenters. The maximum Gasteiger partial charge on any atom is 0.275 e. The van der Waals surface area contributed by atoms with Crippen molar-refractivity contribution in [2.24, 2.45) is 5.10 Å². The van der Waals surface area contributed by atoms with Gasteiger partial charge in [0.15, 0.2) is 11.5 Å². The highest BCUT2D eigenvalue weighted by molar-refractivity contribution is 6.01. The normalized spacial score (nSPS) is 11.1. The Bertz CT molecular complexity index is 996.